The summed E-state index contributed by atoms with van der Waals surface area (Å²) >= 11 is 0. The molecule has 3 N–H and O–H groups in total. The van der Waals surface area contributed by atoms with Crippen LogP contribution in [0.3, 0.4) is 0 Å². The average Bonchev–Trinajstić information content (AvgIpc) is 2.86. The Morgan fingerprint density at radius 3 is 1.26 bits per heavy atom. The van der Waals surface area contributed by atoms with Crippen LogP contribution >= 0.6 is 0 Å². The van der Waals surface area contributed by atoms with Crippen molar-refractivity contribution in [2.75, 3.05) is 72.7 Å². The third-order valence-electron chi connectivity index (χ3n) is 6.11. The highest BCUT2D eigenvalue weighted by atomic mass is 16.5. The molecular formula is C27H56O7. The molecule has 0 saturated carbocycles. The highest BCUT2D eigenvalue weighted by Gasteiger charge is 2.29. The maximum atomic E-state index is 9.74. The molecule has 0 fully saturated rings. The molecule has 206 valence electrons. The first-order chi connectivity index (χ1) is 16.7. The molecule has 0 heterocycles. The fourth-order valence-corrected chi connectivity index (χ4v) is 3.75. The van der Waals surface area contributed by atoms with Gasteiger partial charge in [-0.25, -0.2) is 0 Å². The first kappa shape index (κ1) is 33.7. The molecule has 0 radical (unpaired) electrons. The largest absolute Gasteiger partial charge is 0.396 e. The van der Waals surface area contributed by atoms with E-state index in [0.29, 0.717) is 39.6 Å². The standard InChI is InChI=1S/C27H56O7/c1-2-3-4-5-6-7-8-9-10-11-12-13-14-15-17-33-25-27(23-29,24-30)26-34-22-21-32-20-19-31-18-16-28/h28-30H,2-26H2,1H3. The molecule has 0 atom stereocenters. The summed E-state index contributed by atoms with van der Waals surface area (Å²) in [6.07, 6.45) is 18.6. The SMILES string of the molecule is CCCCCCCCCCCCCCCCOCC(CO)(CO)COCCOCCOCCO. The van der Waals surface area contributed by atoms with Gasteiger partial charge in [-0.05, 0) is 6.42 Å². The number of aliphatic hydroxyl groups is 3. The molecule has 7 heteroatoms. The molecule has 0 rings (SSSR count). The summed E-state index contributed by atoms with van der Waals surface area (Å²) in [7, 11) is 0. The highest BCUT2D eigenvalue weighted by molar-refractivity contribution is 4.77. The van der Waals surface area contributed by atoms with Crippen molar-refractivity contribution in [3.63, 3.8) is 0 Å². The van der Waals surface area contributed by atoms with Crippen LogP contribution in [-0.2, 0) is 18.9 Å². The number of aliphatic hydroxyl groups excluding tert-OH is 3. The van der Waals surface area contributed by atoms with Crippen molar-refractivity contribution in [3.8, 4) is 0 Å². The molecule has 7 nitrogen and oxygen atoms in total. The summed E-state index contributed by atoms with van der Waals surface area (Å²) in [5.74, 6) is 0. The van der Waals surface area contributed by atoms with Crippen LogP contribution in [0.2, 0.25) is 0 Å². The van der Waals surface area contributed by atoms with E-state index in [-0.39, 0.29) is 33.0 Å². The Hall–Kier alpha value is -0.280. The summed E-state index contributed by atoms with van der Waals surface area (Å²) in [4.78, 5) is 0. The highest BCUT2D eigenvalue weighted by Crippen LogP contribution is 2.18. The first-order valence-corrected chi connectivity index (χ1v) is 13.9. The van der Waals surface area contributed by atoms with E-state index in [2.05, 4.69) is 6.92 Å². The maximum absolute atomic E-state index is 9.74. The minimum absolute atomic E-state index is 0.00891. The fourth-order valence-electron chi connectivity index (χ4n) is 3.75. The topological polar surface area (TPSA) is 97.6 Å². The number of rotatable bonds is 29. The van der Waals surface area contributed by atoms with Crippen molar-refractivity contribution in [2.24, 2.45) is 5.41 Å². The quantitative estimate of drug-likeness (QED) is 0.132. The number of hydrogen-bond donors (Lipinski definition) is 3. The van der Waals surface area contributed by atoms with E-state index in [1.165, 1.54) is 83.5 Å². The van der Waals surface area contributed by atoms with Gasteiger partial charge in [0.1, 0.15) is 0 Å². The summed E-state index contributed by atoms with van der Waals surface area (Å²) in [5.41, 5.74) is -0.778. The minimum atomic E-state index is -0.778. The Morgan fingerprint density at radius 1 is 0.441 bits per heavy atom. The fraction of sp³-hybridized carbons (Fsp3) is 1.00. The zero-order chi connectivity index (χ0) is 25.0. The second-order valence-corrected chi connectivity index (χ2v) is 9.47. The molecule has 0 amide bonds. The van der Waals surface area contributed by atoms with E-state index in [0.717, 1.165) is 6.42 Å². The number of hydrogen-bond acceptors (Lipinski definition) is 7. The van der Waals surface area contributed by atoms with Crippen LogP contribution in [0.1, 0.15) is 96.8 Å². The molecule has 0 unspecified atom stereocenters. The van der Waals surface area contributed by atoms with Crippen LogP contribution in [-0.4, -0.2) is 88.0 Å². The Labute approximate surface area is 209 Å². The van der Waals surface area contributed by atoms with Gasteiger partial charge in [0.15, 0.2) is 0 Å². The Bertz CT molecular complexity index is 378. The third kappa shape index (κ3) is 22.2. The molecule has 0 aliphatic heterocycles. The maximum Gasteiger partial charge on any atom is 0.0701 e. The second-order valence-electron chi connectivity index (χ2n) is 9.47. The Morgan fingerprint density at radius 2 is 0.824 bits per heavy atom. The summed E-state index contributed by atoms with van der Waals surface area (Å²) in [5, 5.41) is 28.1. The van der Waals surface area contributed by atoms with Crippen LogP contribution in [0, 0.1) is 5.41 Å². The molecule has 0 saturated heterocycles. The van der Waals surface area contributed by atoms with Crippen LogP contribution in [0.25, 0.3) is 0 Å². The van der Waals surface area contributed by atoms with E-state index in [1.807, 2.05) is 0 Å². The van der Waals surface area contributed by atoms with Gasteiger partial charge < -0.3 is 34.3 Å². The summed E-state index contributed by atoms with van der Waals surface area (Å²) in [6.45, 7) is 5.05. The van der Waals surface area contributed by atoms with Gasteiger partial charge >= 0.3 is 0 Å². The van der Waals surface area contributed by atoms with E-state index in [4.69, 9.17) is 24.1 Å². The van der Waals surface area contributed by atoms with Crippen molar-refractivity contribution in [1.82, 2.24) is 0 Å². The predicted molar refractivity (Wildman–Crippen MR) is 137 cm³/mol. The summed E-state index contributed by atoms with van der Waals surface area (Å²) in [6, 6.07) is 0. The van der Waals surface area contributed by atoms with Crippen LogP contribution in [0.15, 0.2) is 0 Å². The molecule has 0 aromatic carbocycles. The lowest BCUT2D eigenvalue weighted by Crippen LogP contribution is -2.40. The molecule has 0 aliphatic rings. The lowest BCUT2D eigenvalue weighted by atomic mass is 9.92. The van der Waals surface area contributed by atoms with Gasteiger partial charge in [0.25, 0.3) is 0 Å². The van der Waals surface area contributed by atoms with Gasteiger partial charge in [-0.3, -0.25) is 0 Å². The zero-order valence-electron chi connectivity index (χ0n) is 22.2. The van der Waals surface area contributed by atoms with E-state index in [1.54, 1.807) is 0 Å². The van der Waals surface area contributed by atoms with E-state index in [9.17, 15) is 10.2 Å². The first-order valence-electron chi connectivity index (χ1n) is 13.9. The van der Waals surface area contributed by atoms with Crippen molar-refractivity contribution in [2.45, 2.75) is 96.8 Å². The molecule has 0 spiro atoms. The average molecular weight is 493 g/mol. The zero-order valence-corrected chi connectivity index (χ0v) is 22.2. The van der Waals surface area contributed by atoms with Crippen molar-refractivity contribution < 1.29 is 34.3 Å². The van der Waals surface area contributed by atoms with Gasteiger partial charge in [0, 0.05) is 6.61 Å². The predicted octanol–water partition coefficient (Wildman–Crippen LogP) is 4.50. The lowest BCUT2D eigenvalue weighted by molar-refractivity contribution is -0.0852. The van der Waals surface area contributed by atoms with Crippen molar-refractivity contribution >= 4 is 0 Å². The van der Waals surface area contributed by atoms with E-state index >= 15 is 0 Å². The lowest BCUT2D eigenvalue weighted by Gasteiger charge is -2.29. The van der Waals surface area contributed by atoms with Gasteiger partial charge in [-0.1, -0.05) is 90.4 Å². The van der Waals surface area contributed by atoms with Gasteiger partial charge in [-0.15, -0.1) is 0 Å². The van der Waals surface area contributed by atoms with Crippen LogP contribution < -0.4 is 0 Å². The monoisotopic (exact) mass is 492 g/mol. The third-order valence-corrected chi connectivity index (χ3v) is 6.11. The minimum Gasteiger partial charge on any atom is -0.396 e. The molecular weight excluding hydrogens is 436 g/mol. The normalized spacial score (nSPS) is 12.0. The Balaban J connectivity index is 3.52. The summed E-state index contributed by atoms with van der Waals surface area (Å²) < 4.78 is 21.8. The molecule has 34 heavy (non-hydrogen) atoms. The second kappa shape index (κ2) is 27.3. The van der Waals surface area contributed by atoms with Gasteiger partial charge in [-0.2, -0.15) is 0 Å². The van der Waals surface area contributed by atoms with Gasteiger partial charge in [0.05, 0.1) is 71.5 Å². The van der Waals surface area contributed by atoms with Crippen molar-refractivity contribution in [1.29, 1.82) is 0 Å². The smallest absolute Gasteiger partial charge is 0.0701 e. The Kier molecular flexibility index (Phi) is 27.1. The van der Waals surface area contributed by atoms with Gasteiger partial charge in [0.2, 0.25) is 0 Å². The number of unbranched alkanes of at least 4 members (excludes halogenated alkanes) is 13. The molecule has 0 aromatic heterocycles. The van der Waals surface area contributed by atoms with Crippen molar-refractivity contribution in [3.05, 3.63) is 0 Å². The number of ether oxygens (including phenoxy) is 4. The van der Waals surface area contributed by atoms with E-state index < -0.39 is 5.41 Å². The van der Waals surface area contributed by atoms with Crippen LogP contribution in [0.4, 0.5) is 0 Å². The van der Waals surface area contributed by atoms with Crippen LogP contribution in [0.5, 0.6) is 0 Å². The molecule has 0 aromatic rings. The molecule has 0 aliphatic carbocycles. The molecule has 0 bridgehead atoms.